The Bertz CT molecular complexity index is 763. The lowest BCUT2D eigenvalue weighted by Gasteiger charge is -2.28. The number of nitrogens with one attached hydrogen (secondary N) is 1. The van der Waals surface area contributed by atoms with Crippen LogP contribution in [0.2, 0.25) is 0 Å². The lowest BCUT2D eigenvalue weighted by Crippen LogP contribution is -2.21. The number of rotatable bonds is 2. The van der Waals surface area contributed by atoms with E-state index in [1.165, 1.54) is 12.1 Å². The minimum Gasteiger partial charge on any atom is -0.507 e. The maximum atomic E-state index is 13.8. The van der Waals surface area contributed by atoms with Gasteiger partial charge in [-0.15, -0.1) is 0 Å². The summed E-state index contributed by atoms with van der Waals surface area (Å²) in [5.41, 5.74) is 1.25. The lowest BCUT2D eigenvalue weighted by atomic mass is 9.78. The molecular weight excluding hydrogens is 317 g/mol. The van der Waals surface area contributed by atoms with Gasteiger partial charge in [-0.1, -0.05) is 53.7 Å². The van der Waals surface area contributed by atoms with Crippen molar-refractivity contribution < 1.29 is 14.3 Å². The second-order valence-corrected chi connectivity index (χ2v) is 8.35. The summed E-state index contributed by atoms with van der Waals surface area (Å²) in [6.07, 6.45) is 0. The van der Waals surface area contributed by atoms with E-state index in [2.05, 4.69) is 5.32 Å². The predicted octanol–water partition coefficient (Wildman–Crippen LogP) is 5.38. The summed E-state index contributed by atoms with van der Waals surface area (Å²) in [6.45, 7) is 11.9. The molecule has 0 atom stereocenters. The summed E-state index contributed by atoms with van der Waals surface area (Å²) in [7, 11) is 0. The first-order chi connectivity index (χ1) is 11.4. The third kappa shape index (κ3) is 4.19. The summed E-state index contributed by atoms with van der Waals surface area (Å²) in [5.74, 6) is -0.676. The summed E-state index contributed by atoms with van der Waals surface area (Å²) < 4.78 is 13.8. The molecule has 0 aliphatic heterocycles. The van der Waals surface area contributed by atoms with Crippen LogP contribution in [0, 0.1) is 5.82 Å². The summed E-state index contributed by atoms with van der Waals surface area (Å²) in [5, 5.41) is 13.3. The van der Waals surface area contributed by atoms with E-state index in [1.807, 2.05) is 41.5 Å². The highest BCUT2D eigenvalue weighted by Gasteiger charge is 2.27. The van der Waals surface area contributed by atoms with E-state index < -0.39 is 11.7 Å². The van der Waals surface area contributed by atoms with Gasteiger partial charge in [-0.2, -0.15) is 0 Å². The zero-order valence-corrected chi connectivity index (χ0v) is 15.7. The molecule has 1 amide bonds. The number of para-hydroxylation sites is 1. The molecule has 2 N–H and O–H groups in total. The highest BCUT2D eigenvalue weighted by Crippen LogP contribution is 2.39. The molecule has 25 heavy (non-hydrogen) atoms. The van der Waals surface area contributed by atoms with Crippen molar-refractivity contribution in [2.75, 3.05) is 5.32 Å². The van der Waals surface area contributed by atoms with Crippen LogP contribution in [0.5, 0.6) is 5.75 Å². The van der Waals surface area contributed by atoms with E-state index in [4.69, 9.17) is 0 Å². The molecule has 0 aromatic heterocycles. The van der Waals surface area contributed by atoms with Gasteiger partial charge in [0, 0.05) is 16.7 Å². The highest BCUT2D eigenvalue weighted by molar-refractivity contribution is 6.04. The monoisotopic (exact) mass is 343 g/mol. The fourth-order valence-corrected chi connectivity index (χ4v) is 2.67. The maximum Gasteiger partial charge on any atom is 0.255 e. The molecule has 0 bridgehead atoms. The van der Waals surface area contributed by atoms with Crippen LogP contribution in [0.4, 0.5) is 10.1 Å². The van der Waals surface area contributed by atoms with Gasteiger partial charge in [0.1, 0.15) is 11.6 Å². The van der Waals surface area contributed by atoms with Crippen LogP contribution in [0.25, 0.3) is 0 Å². The molecule has 0 saturated heterocycles. The molecule has 0 fully saturated rings. The van der Waals surface area contributed by atoms with Crippen molar-refractivity contribution in [1.29, 1.82) is 0 Å². The van der Waals surface area contributed by atoms with Crippen molar-refractivity contribution in [3.63, 3.8) is 0 Å². The minimum absolute atomic E-state index is 0.134. The van der Waals surface area contributed by atoms with Crippen LogP contribution in [0.3, 0.4) is 0 Å². The standard InChI is InChI=1S/C21H26FNO2/c1-20(2,3)14-11-13(12-15(18(14)24)21(4,5)6)19(25)23-17-10-8-7-9-16(17)22/h7-12,24H,1-6H3,(H,23,25). The zero-order valence-electron chi connectivity index (χ0n) is 15.7. The molecule has 0 saturated carbocycles. The van der Waals surface area contributed by atoms with Crippen molar-refractivity contribution in [3.05, 3.63) is 58.9 Å². The summed E-state index contributed by atoms with van der Waals surface area (Å²) >= 11 is 0. The molecule has 2 aromatic rings. The number of halogens is 1. The van der Waals surface area contributed by atoms with Gasteiger partial charge in [-0.25, -0.2) is 4.39 Å². The number of anilines is 1. The predicted molar refractivity (Wildman–Crippen MR) is 99.9 cm³/mol. The number of aromatic hydroxyl groups is 1. The Hall–Kier alpha value is -2.36. The zero-order chi connectivity index (χ0) is 19.0. The van der Waals surface area contributed by atoms with Crippen LogP contribution in [-0.4, -0.2) is 11.0 Å². The molecule has 4 heteroatoms. The first-order valence-electron chi connectivity index (χ1n) is 8.35. The fourth-order valence-electron chi connectivity index (χ4n) is 2.67. The Morgan fingerprint density at radius 2 is 1.44 bits per heavy atom. The van der Waals surface area contributed by atoms with Gasteiger partial charge in [0.05, 0.1) is 5.69 Å². The molecule has 0 aliphatic rings. The highest BCUT2D eigenvalue weighted by atomic mass is 19.1. The number of hydrogen-bond donors (Lipinski definition) is 2. The summed E-state index contributed by atoms with van der Waals surface area (Å²) in [6, 6.07) is 9.41. The molecule has 134 valence electrons. The average Bonchev–Trinajstić information content (AvgIpc) is 2.47. The van der Waals surface area contributed by atoms with E-state index in [0.29, 0.717) is 16.7 Å². The van der Waals surface area contributed by atoms with E-state index in [0.717, 1.165) is 0 Å². The van der Waals surface area contributed by atoms with Gasteiger partial charge in [0.2, 0.25) is 0 Å². The third-order valence-corrected chi connectivity index (χ3v) is 4.11. The lowest BCUT2D eigenvalue weighted by molar-refractivity contribution is 0.102. The van der Waals surface area contributed by atoms with Crippen LogP contribution < -0.4 is 5.32 Å². The number of phenols is 1. The van der Waals surface area contributed by atoms with Crippen LogP contribution in [0.1, 0.15) is 63.0 Å². The number of phenolic OH excluding ortho intramolecular Hbond substituents is 1. The maximum absolute atomic E-state index is 13.8. The van der Waals surface area contributed by atoms with Gasteiger partial charge < -0.3 is 10.4 Å². The number of carbonyl (C=O) groups is 1. The first kappa shape index (κ1) is 19.0. The smallest absolute Gasteiger partial charge is 0.255 e. The molecule has 0 unspecified atom stereocenters. The van der Waals surface area contributed by atoms with Gasteiger partial charge in [-0.05, 0) is 35.1 Å². The van der Waals surface area contributed by atoms with Crippen LogP contribution >= 0.6 is 0 Å². The van der Waals surface area contributed by atoms with E-state index >= 15 is 0 Å². The Morgan fingerprint density at radius 1 is 0.960 bits per heavy atom. The van der Waals surface area contributed by atoms with Crippen molar-refractivity contribution in [2.24, 2.45) is 0 Å². The van der Waals surface area contributed by atoms with Gasteiger partial charge >= 0.3 is 0 Å². The summed E-state index contributed by atoms with van der Waals surface area (Å²) in [4.78, 5) is 12.7. The SMILES string of the molecule is CC(C)(C)c1cc(C(=O)Nc2ccccc2F)cc(C(C)(C)C)c1O. The topological polar surface area (TPSA) is 49.3 Å². The van der Waals surface area contributed by atoms with Gasteiger partial charge in [-0.3, -0.25) is 4.79 Å². The normalized spacial score (nSPS) is 12.1. The second kappa shape index (κ2) is 6.51. The Morgan fingerprint density at radius 3 is 1.88 bits per heavy atom. The number of carbonyl (C=O) groups excluding carboxylic acids is 1. The molecule has 0 aliphatic carbocycles. The second-order valence-electron chi connectivity index (χ2n) is 8.35. The van der Waals surface area contributed by atoms with Crippen molar-refractivity contribution >= 4 is 11.6 Å². The molecule has 0 radical (unpaired) electrons. The number of amides is 1. The number of hydrogen-bond acceptors (Lipinski definition) is 2. The van der Waals surface area contributed by atoms with E-state index in [-0.39, 0.29) is 22.3 Å². The quantitative estimate of drug-likeness (QED) is 0.769. The molecule has 0 heterocycles. The van der Waals surface area contributed by atoms with Crippen molar-refractivity contribution in [2.45, 2.75) is 52.4 Å². The minimum atomic E-state index is -0.485. The van der Waals surface area contributed by atoms with Crippen molar-refractivity contribution in [1.82, 2.24) is 0 Å². The fraction of sp³-hybridized carbons (Fsp3) is 0.381. The Kier molecular flexibility index (Phi) is 4.94. The van der Waals surface area contributed by atoms with Gasteiger partial charge in [0.25, 0.3) is 5.91 Å². The number of benzene rings is 2. The van der Waals surface area contributed by atoms with Gasteiger partial charge in [0.15, 0.2) is 0 Å². The third-order valence-electron chi connectivity index (χ3n) is 4.11. The first-order valence-corrected chi connectivity index (χ1v) is 8.35. The molecule has 2 aromatic carbocycles. The van der Waals surface area contributed by atoms with E-state index in [1.54, 1.807) is 24.3 Å². The largest absolute Gasteiger partial charge is 0.507 e. The van der Waals surface area contributed by atoms with Crippen molar-refractivity contribution in [3.8, 4) is 5.75 Å². The molecule has 3 nitrogen and oxygen atoms in total. The van der Waals surface area contributed by atoms with E-state index in [9.17, 15) is 14.3 Å². The Balaban J connectivity index is 2.54. The van der Waals surface area contributed by atoms with Crippen LogP contribution in [-0.2, 0) is 10.8 Å². The molecule has 0 spiro atoms. The average molecular weight is 343 g/mol. The molecular formula is C21H26FNO2. The van der Waals surface area contributed by atoms with Crippen LogP contribution in [0.15, 0.2) is 36.4 Å². The Labute approximate surface area is 148 Å². The molecule has 2 rings (SSSR count).